The maximum absolute atomic E-state index is 2.57. The first kappa shape index (κ1) is 19.0. The Morgan fingerprint density at radius 2 is 1.43 bits per heavy atom. The van der Waals surface area contributed by atoms with Crippen LogP contribution in [-0.4, -0.2) is 0 Å². The van der Waals surface area contributed by atoms with Gasteiger partial charge in [-0.1, -0.05) is 75.7 Å². The third kappa shape index (κ3) is 3.35. The summed E-state index contributed by atoms with van der Waals surface area (Å²) in [6.45, 7) is 24.7. The predicted octanol–water partition coefficient (Wildman–Crippen LogP) is 6.90. The van der Waals surface area contributed by atoms with Gasteiger partial charge in [0, 0.05) is 0 Å². The lowest BCUT2D eigenvalue weighted by Crippen LogP contribution is -2.41. The standard InChI is InChI=1S/C21H42/c1-11-18-19(12-16(8)20(18)13(2)3)17(9)21(10,14(4)5)15(6)7/h13-20H,11-12H2,1-10H3. The minimum absolute atomic E-state index is 0.462. The van der Waals surface area contributed by atoms with Crippen LogP contribution in [-0.2, 0) is 0 Å². The van der Waals surface area contributed by atoms with Crippen LogP contribution < -0.4 is 0 Å². The van der Waals surface area contributed by atoms with Crippen molar-refractivity contribution in [1.82, 2.24) is 0 Å². The van der Waals surface area contributed by atoms with Crippen LogP contribution in [0.5, 0.6) is 0 Å². The van der Waals surface area contributed by atoms with Gasteiger partial charge in [-0.25, -0.2) is 0 Å². The number of rotatable bonds is 6. The van der Waals surface area contributed by atoms with Crippen molar-refractivity contribution in [2.24, 2.45) is 52.8 Å². The smallest absolute Gasteiger partial charge is 0.0251 e. The summed E-state index contributed by atoms with van der Waals surface area (Å²) >= 11 is 0. The highest BCUT2D eigenvalue weighted by Gasteiger charge is 2.49. The Labute approximate surface area is 135 Å². The Hall–Kier alpha value is 0. The second kappa shape index (κ2) is 7.05. The van der Waals surface area contributed by atoms with Crippen molar-refractivity contribution in [2.45, 2.75) is 82.1 Å². The minimum Gasteiger partial charge on any atom is -0.0651 e. The van der Waals surface area contributed by atoms with Crippen LogP contribution in [0.25, 0.3) is 0 Å². The molecule has 0 radical (unpaired) electrons. The minimum atomic E-state index is 0.462. The van der Waals surface area contributed by atoms with Crippen molar-refractivity contribution in [3.63, 3.8) is 0 Å². The fourth-order valence-corrected chi connectivity index (χ4v) is 5.95. The second-order valence-electron chi connectivity index (χ2n) is 9.23. The monoisotopic (exact) mass is 294 g/mol. The van der Waals surface area contributed by atoms with Gasteiger partial charge < -0.3 is 0 Å². The Balaban J connectivity index is 3.08. The molecular formula is C21H42. The first-order valence-electron chi connectivity index (χ1n) is 9.58. The summed E-state index contributed by atoms with van der Waals surface area (Å²) in [4.78, 5) is 0. The molecule has 1 aliphatic carbocycles. The molecule has 0 aromatic heterocycles. The van der Waals surface area contributed by atoms with Crippen LogP contribution in [0.3, 0.4) is 0 Å². The zero-order valence-electron chi connectivity index (χ0n) is 16.5. The highest BCUT2D eigenvalue weighted by atomic mass is 14.5. The van der Waals surface area contributed by atoms with E-state index in [1.165, 1.54) is 12.8 Å². The van der Waals surface area contributed by atoms with Crippen molar-refractivity contribution in [3.05, 3.63) is 0 Å². The highest BCUT2D eigenvalue weighted by Crippen LogP contribution is 2.56. The van der Waals surface area contributed by atoms with Crippen molar-refractivity contribution in [2.75, 3.05) is 0 Å². The lowest BCUT2D eigenvalue weighted by atomic mass is 9.57. The Bertz CT molecular complexity index is 304. The molecule has 0 amide bonds. The number of hydrogen-bond acceptors (Lipinski definition) is 0. The molecule has 0 bridgehead atoms. The van der Waals surface area contributed by atoms with Crippen LogP contribution in [0.4, 0.5) is 0 Å². The molecule has 0 aromatic rings. The molecular weight excluding hydrogens is 252 g/mol. The molecule has 0 heteroatoms. The molecule has 21 heavy (non-hydrogen) atoms. The Morgan fingerprint density at radius 1 is 0.952 bits per heavy atom. The van der Waals surface area contributed by atoms with Crippen molar-refractivity contribution >= 4 is 0 Å². The largest absolute Gasteiger partial charge is 0.0651 e. The van der Waals surface area contributed by atoms with Crippen molar-refractivity contribution < 1.29 is 0 Å². The molecule has 0 saturated heterocycles. The van der Waals surface area contributed by atoms with Gasteiger partial charge in [-0.2, -0.15) is 0 Å². The molecule has 0 N–H and O–H groups in total. The van der Waals surface area contributed by atoms with E-state index in [4.69, 9.17) is 0 Å². The van der Waals surface area contributed by atoms with Gasteiger partial charge >= 0.3 is 0 Å². The average Bonchev–Trinajstić information content (AvgIpc) is 2.72. The van der Waals surface area contributed by atoms with Gasteiger partial charge in [0.25, 0.3) is 0 Å². The van der Waals surface area contributed by atoms with E-state index >= 15 is 0 Å². The van der Waals surface area contributed by atoms with Gasteiger partial charge in [-0.3, -0.25) is 0 Å². The van der Waals surface area contributed by atoms with E-state index in [2.05, 4.69) is 69.2 Å². The van der Waals surface area contributed by atoms with Gasteiger partial charge in [0.2, 0.25) is 0 Å². The summed E-state index contributed by atoms with van der Waals surface area (Å²) in [5, 5.41) is 0. The Kier molecular flexibility index (Phi) is 6.40. The third-order valence-corrected chi connectivity index (χ3v) is 7.70. The molecule has 0 aromatic carbocycles. The van der Waals surface area contributed by atoms with Gasteiger partial charge in [-0.15, -0.1) is 0 Å². The van der Waals surface area contributed by atoms with Gasteiger partial charge in [-0.05, 0) is 59.2 Å². The van der Waals surface area contributed by atoms with E-state index in [1.54, 1.807) is 0 Å². The lowest BCUT2D eigenvalue weighted by molar-refractivity contribution is 0.00891. The first-order valence-corrected chi connectivity index (χ1v) is 9.58. The summed E-state index contributed by atoms with van der Waals surface area (Å²) in [7, 11) is 0. The van der Waals surface area contributed by atoms with Crippen LogP contribution in [0.15, 0.2) is 0 Å². The summed E-state index contributed by atoms with van der Waals surface area (Å²) in [6.07, 6.45) is 2.83. The van der Waals surface area contributed by atoms with Crippen LogP contribution in [0, 0.1) is 52.8 Å². The fraction of sp³-hybridized carbons (Fsp3) is 1.00. The van der Waals surface area contributed by atoms with Crippen LogP contribution in [0.1, 0.15) is 82.1 Å². The van der Waals surface area contributed by atoms with Gasteiger partial charge in [0.15, 0.2) is 0 Å². The van der Waals surface area contributed by atoms with Crippen molar-refractivity contribution in [3.8, 4) is 0 Å². The van der Waals surface area contributed by atoms with Crippen LogP contribution >= 0.6 is 0 Å². The molecule has 0 nitrogen and oxygen atoms in total. The van der Waals surface area contributed by atoms with E-state index in [-0.39, 0.29) is 0 Å². The molecule has 5 atom stereocenters. The zero-order chi connectivity index (χ0) is 16.5. The van der Waals surface area contributed by atoms with E-state index < -0.39 is 0 Å². The first-order chi connectivity index (χ1) is 9.58. The summed E-state index contributed by atoms with van der Waals surface area (Å²) in [6, 6.07) is 0. The average molecular weight is 295 g/mol. The summed E-state index contributed by atoms with van der Waals surface area (Å²) < 4.78 is 0. The molecule has 0 aliphatic heterocycles. The SMILES string of the molecule is CCC1C(C(C)C(C)(C(C)C)C(C)C)CC(C)C1C(C)C. The Morgan fingerprint density at radius 3 is 1.76 bits per heavy atom. The fourth-order valence-electron chi connectivity index (χ4n) is 5.95. The quantitative estimate of drug-likeness (QED) is 0.500. The number of hydrogen-bond donors (Lipinski definition) is 0. The van der Waals surface area contributed by atoms with Crippen molar-refractivity contribution in [1.29, 1.82) is 0 Å². The maximum Gasteiger partial charge on any atom is -0.0251 e. The van der Waals surface area contributed by atoms with E-state index in [9.17, 15) is 0 Å². The summed E-state index contributed by atoms with van der Waals surface area (Å²) in [5.41, 5.74) is 0.462. The third-order valence-electron chi connectivity index (χ3n) is 7.70. The summed E-state index contributed by atoms with van der Waals surface area (Å²) in [5.74, 6) is 6.90. The predicted molar refractivity (Wildman–Crippen MR) is 96.3 cm³/mol. The lowest BCUT2D eigenvalue weighted by Gasteiger charge is -2.47. The zero-order valence-corrected chi connectivity index (χ0v) is 16.5. The second-order valence-corrected chi connectivity index (χ2v) is 9.23. The van der Waals surface area contributed by atoms with E-state index in [1.807, 2.05) is 0 Å². The highest BCUT2D eigenvalue weighted by molar-refractivity contribution is 4.97. The topological polar surface area (TPSA) is 0 Å². The molecule has 126 valence electrons. The molecule has 0 heterocycles. The maximum atomic E-state index is 2.57. The van der Waals surface area contributed by atoms with Gasteiger partial charge in [0.05, 0.1) is 0 Å². The molecule has 1 aliphatic rings. The van der Waals surface area contributed by atoms with E-state index in [0.717, 1.165) is 47.3 Å². The van der Waals surface area contributed by atoms with E-state index in [0.29, 0.717) is 5.41 Å². The molecule has 1 saturated carbocycles. The molecule has 0 spiro atoms. The molecule has 1 fully saturated rings. The van der Waals surface area contributed by atoms with Crippen LogP contribution in [0.2, 0.25) is 0 Å². The van der Waals surface area contributed by atoms with Gasteiger partial charge in [0.1, 0.15) is 0 Å². The molecule has 1 rings (SSSR count). The molecule has 5 unspecified atom stereocenters. The normalized spacial score (nSPS) is 32.4.